The lowest BCUT2D eigenvalue weighted by atomic mass is 9.86. The quantitative estimate of drug-likeness (QED) is 0.855. The molecule has 0 spiro atoms. The van der Waals surface area contributed by atoms with Gasteiger partial charge < -0.3 is 10.4 Å². The number of hydrogen-bond donors (Lipinski definition) is 2. The van der Waals surface area contributed by atoms with Gasteiger partial charge in [-0.3, -0.25) is 4.79 Å². The first-order valence-electron chi connectivity index (χ1n) is 5.87. The van der Waals surface area contributed by atoms with Gasteiger partial charge in [-0.25, -0.2) is 4.79 Å². The van der Waals surface area contributed by atoms with E-state index in [2.05, 4.69) is 5.32 Å². The molecule has 4 heteroatoms. The van der Waals surface area contributed by atoms with Crippen LogP contribution in [-0.2, 0) is 16.0 Å². The molecule has 1 atom stereocenters. The van der Waals surface area contributed by atoms with Gasteiger partial charge in [0, 0.05) is 0 Å². The molecular formula is C14H19NO3. The van der Waals surface area contributed by atoms with Crippen LogP contribution in [0.2, 0.25) is 0 Å². The van der Waals surface area contributed by atoms with Crippen LogP contribution in [0.15, 0.2) is 30.3 Å². The van der Waals surface area contributed by atoms with Crippen molar-refractivity contribution in [2.75, 3.05) is 0 Å². The Labute approximate surface area is 107 Å². The topological polar surface area (TPSA) is 66.4 Å². The van der Waals surface area contributed by atoms with Gasteiger partial charge in [0.2, 0.25) is 5.91 Å². The van der Waals surface area contributed by atoms with Crippen LogP contribution >= 0.6 is 0 Å². The molecule has 0 fully saturated rings. The standard InChI is InChI=1S/C14H19NO3/c1-14(2,3)12(13(17)18)15-11(16)9-10-7-5-4-6-8-10/h4-8,12H,9H2,1-3H3,(H,15,16)(H,17,18). The van der Waals surface area contributed by atoms with Crippen LogP contribution < -0.4 is 5.32 Å². The molecule has 1 rings (SSSR count). The van der Waals surface area contributed by atoms with Crippen molar-refractivity contribution in [3.63, 3.8) is 0 Å². The first kappa shape index (κ1) is 14.2. The summed E-state index contributed by atoms with van der Waals surface area (Å²) in [5.74, 6) is -1.28. The fraction of sp³-hybridized carbons (Fsp3) is 0.429. The van der Waals surface area contributed by atoms with Crippen molar-refractivity contribution in [2.45, 2.75) is 33.2 Å². The molecule has 0 aliphatic carbocycles. The molecule has 18 heavy (non-hydrogen) atoms. The minimum atomic E-state index is -1.01. The van der Waals surface area contributed by atoms with Crippen molar-refractivity contribution in [1.29, 1.82) is 0 Å². The summed E-state index contributed by atoms with van der Waals surface area (Å²) < 4.78 is 0. The van der Waals surface area contributed by atoms with Gasteiger partial charge >= 0.3 is 5.97 Å². The average molecular weight is 249 g/mol. The Balaban J connectivity index is 2.66. The fourth-order valence-corrected chi connectivity index (χ4v) is 1.64. The van der Waals surface area contributed by atoms with Crippen molar-refractivity contribution in [1.82, 2.24) is 5.32 Å². The second-order valence-corrected chi connectivity index (χ2v) is 5.37. The van der Waals surface area contributed by atoms with E-state index in [9.17, 15) is 9.59 Å². The van der Waals surface area contributed by atoms with E-state index in [0.717, 1.165) is 5.56 Å². The molecule has 98 valence electrons. The summed E-state index contributed by atoms with van der Waals surface area (Å²) in [6.07, 6.45) is 0.195. The third-order valence-corrected chi connectivity index (χ3v) is 2.63. The Morgan fingerprint density at radius 1 is 1.22 bits per heavy atom. The van der Waals surface area contributed by atoms with E-state index < -0.39 is 17.4 Å². The SMILES string of the molecule is CC(C)(C)C(NC(=O)Cc1ccccc1)C(=O)O. The number of carboxylic acid groups (broad SMARTS) is 1. The highest BCUT2D eigenvalue weighted by molar-refractivity contribution is 5.85. The number of nitrogens with one attached hydrogen (secondary N) is 1. The highest BCUT2D eigenvalue weighted by Gasteiger charge is 2.32. The third kappa shape index (κ3) is 4.20. The highest BCUT2D eigenvalue weighted by Crippen LogP contribution is 2.19. The number of benzene rings is 1. The lowest BCUT2D eigenvalue weighted by Gasteiger charge is -2.27. The monoisotopic (exact) mass is 249 g/mol. The van der Waals surface area contributed by atoms with Gasteiger partial charge in [-0.15, -0.1) is 0 Å². The number of carbonyl (C=O) groups excluding carboxylic acids is 1. The Hall–Kier alpha value is -1.84. The molecule has 0 radical (unpaired) electrons. The summed E-state index contributed by atoms with van der Waals surface area (Å²) in [5.41, 5.74) is 0.353. The zero-order valence-electron chi connectivity index (χ0n) is 10.9. The number of carbonyl (C=O) groups is 2. The number of aliphatic carboxylic acids is 1. The Morgan fingerprint density at radius 2 is 1.78 bits per heavy atom. The van der Waals surface area contributed by atoms with Crippen LogP contribution in [0.1, 0.15) is 26.3 Å². The molecule has 0 aromatic heterocycles. The summed E-state index contributed by atoms with van der Waals surface area (Å²) >= 11 is 0. The molecule has 0 saturated carbocycles. The van der Waals surface area contributed by atoms with Crippen LogP contribution in [0.3, 0.4) is 0 Å². The zero-order chi connectivity index (χ0) is 13.8. The van der Waals surface area contributed by atoms with Crippen molar-refractivity contribution in [3.8, 4) is 0 Å². The Kier molecular flexibility index (Phi) is 4.48. The molecule has 0 aliphatic heterocycles. The van der Waals surface area contributed by atoms with Crippen molar-refractivity contribution in [3.05, 3.63) is 35.9 Å². The average Bonchev–Trinajstić information content (AvgIpc) is 2.25. The lowest BCUT2D eigenvalue weighted by molar-refractivity contribution is -0.144. The summed E-state index contributed by atoms with van der Waals surface area (Å²) in [7, 11) is 0. The maximum Gasteiger partial charge on any atom is 0.326 e. The van der Waals surface area contributed by atoms with Gasteiger partial charge in [0.05, 0.1) is 6.42 Å². The van der Waals surface area contributed by atoms with Gasteiger partial charge in [0.15, 0.2) is 0 Å². The maximum atomic E-state index is 11.8. The van der Waals surface area contributed by atoms with Gasteiger partial charge in [0.25, 0.3) is 0 Å². The molecule has 0 bridgehead atoms. The number of amides is 1. The Morgan fingerprint density at radius 3 is 2.22 bits per heavy atom. The minimum Gasteiger partial charge on any atom is -0.480 e. The first-order chi connectivity index (χ1) is 8.30. The fourth-order valence-electron chi connectivity index (χ4n) is 1.64. The summed E-state index contributed by atoms with van der Waals surface area (Å²) in [4.78, 5) is 22.9. The van der Waals surface area contributed by atoms with Crippen LogP contribution in [0, 0.1) is 5.41 Å². The second-order valence-electron chi connectivity index (χ2n) is 5.37. The predicted molar refractivity (Wildman–Crippen MR) is 69.2 cm³/mol. The molecular weight excluding hydrogens is 230 g/mol. The van der Waals surface area contributed by atoms with Crippen LogP contribution in [0.5, 0.6) is 0 Å². The smallest absolute Gasteiger partial charge is 0.326 e. The lowest BCUT2D eigenvalue weighted by Crippen LogP contribution is -2.49. The first-order valence-corrected chi connectivity index (χ1v) is 5.87. The molecule has 4 nitrogen and oxygen atoms in total. The van der Waals surface area contributed by atoms with E-state index in [0.29, 0.717) is 0 Å². The van der Waals surface area contributed by atoms with E-state index >= 15 is 0 Å². The number of rotatable bonds is 4. The minimum absolute atomic E-state index is 0.195. The van der Waals surface area contributed by atoms with Crippen molar-refractivity contribution < 1.29 is 14.7 Å². The molecule has 0 heterocycles. The third-order valence-electron chi connectivity index (χ3n) is 2.63. The molecule has 0 saturated heterocycles. The molecule has 1 aromatic carbocycles. The van der Waals surface area contributed by atoms with Crippen LogP contribution in [0.25, 0.3) is 0 Å². The van der Waals surface area contributed by atoms with Gasteiger partial charge in [-0.1, -0.05) is 51.1 Å². The van der Waals surface area contributed by atoms with Gasteiger partial charge in [0.1, 0.15) is 6.04 Å². The molecule has 1 amide bonds. The second kappa shape index (κ2) is 5.67. The molecule has 1 aromatic rings. The number of hydrogen-bond acceptors (Lipinski definition) is 2. The molecule has 1 unspecified atom stereocenters. The van der Waals surface area contributed by atoms with E-state index in [1.54, 1.807) is 20.8 Å². The Bertz CT molecular complexity index is 420. The molecule has 2 N–H and O–H groups in total. The van der Waals surface area contributed by atoms with E-state index in [4.69, 9.17) is 5.11 Å². The van der Waals surface area contributed by atoms with Crippen LogP contribution in [-0.4, -0.2) is 23.0 Å². The highest BCUT2D eigenvalue weighted by atomic mass is 16.4. The van der Waals surface area contributed by atoms with Crippen molar-refractivity contribution >= 4 is 11.9 Å². The summed E-state index contributed by atoms with van der Waals surface area (Å²) in [5, 5.41) is 11.7. The van der Waals surface area contributed by atoms with Gasteiger partial charge in [-0.2, -0.15) is 0 Å². The largest absolute Gasteiger partial charge is 0.480 e. The van der Waals surface area contributed by atoms with E-state index in [1.165, 1.54) is 0 Å². The normalized spacial score (nSPS) is 12.8. The molecule has 0 aliphatic rings. The zero-order valence-corrected chi connectivity index (χ0v) is 10.9. The van der Waals surface area contributed by atoms with Gasteiger partial charge in [-0.05, 0) is 11.0 Å². The summed E-state index contributed by atoms with van der Waals surface area (Å²) in [6, 6.07) is 8.37. The predicted octanol–water partition coefficient (Wildman–Crippen LogP) is 1.84. The number of carboxylic acids is 1. The van der Waals surface area contributed by atoms with Crippen LogP contribution in [0.4, 0.5) is 0 Å². The van der Waals surface area contributed by atoms with Crippen molar-refractivity contribution in [2.24, 2.45) is 5.41 Å². The van der Waals surface area contributed by atoms with E-state index in [-0.39, 0.29) is 12.3 Å². The van der Waals surface area contributed by atoms with E-state index in [1.807, 2.05) is 30.3 Å². The maximum absolute atomic E-state index is 11.8. The summed E-state index contributed by atoms with van der Waals surface area (Å²) in [6.45, 7) is 5.36.